The van der Waals surface area contributed by atoms with Gasteiger partial charge < -0.3 is 10.6 Å². The van der Waals surface area contributed by atoms with Crippen molar-refractivity contribution in [3.05, 3.63) is 0 Å². The van der Waals surface area contributed by atoms with Gasteiger partial charge in [-0.3, -0.25) is 20.2 Å². The van der Waals surface area contributed by atoms with Gasteiger partial charge in [0.15, 0.2) is 0 Å². The predicted molar refractivity (Wildman–Crippen MR) is 117 cm³/mol. The molecule has 2 aliphatic rings. The standard InChI is InChI=1S/C19H32N4O4S2/c24-16(22-19(27)21-15-9-5-2-6-10-15)13-29-28-12-11-20-18(26)23-17(25)14-7-3-1-4-8-14/h14-15H,1-13H2,(H2,20,23,25,26)(H2,21,22,24,27). The fourth-order valence-corrected chi connectivity index (χ4v) is 5.35. The lowest BCUT2D eigenvalue weighted by atomic mass is 9.89. The van der Waals surface area contributed by atoms with Crippen LogP contribution in [-0.2, 0) is 9.59 Å². The van der Waals surface area contributed by atoms with Crippen molar-refractivity contribution in [1.29, 1.82) is 0 Å². The van der Waals surface area contributed by atoms with Crippen LogP contribution in [0.5, 0.6) is 0 Å². The van der Waals surface area contributed by atoms with Gasteiger partial charge in [-0.25, -0.2) is 9.59 Å². The molecular weight excluding hydrogens is 412 g/mol. The van der Waals surface area contributed by atoms with Crippen molar-refractivity contribution in [3.8, 4) is 0 Å². The van der Waals surface area contributed by atoms with Crippen molar-refractivity contribution in [3.63, 3.8) is 0 Å². The first kappa shape index (κ1) is 23.9. The molecular formula is C19H32N4O4S2. The van der Waals surface area contributed by atoms with Crippen LogP contribution in [0.1, 0.15) is 64.2 Å². The molecule has 0 spiro atoms. The quantitative estimate of drug-likeness (QED) is 0.338. The van der Waals surface area contributed by atoms with E-state index in [1.165, 1.54) is 28.0 Å². The molecule has 164 valence electrons. The fraction of sp³-hybridized carbons (Fsp3) is 0.789. The highest BCUT2D eigenvalue weighted by Crippen LogP contribution is 2.23. The van der Waals surface area contributed by atoms with Crippen LogP contribution in [0.3, 0.4) is 0 Å². The normalized spacial score (nSPS) is 17.9. The molecule has 4 N–H and O–H groups in total. The van der Waals surface area contributed by atoms with Gasteiger partial charge in [0, 0.05) is 24.3 Å². The number of nitrogens with one attached hydrogen (secondary N) is 4. The molecule has 8 nitrogen and oxygen atoms in total. The molecule has 0 unspecified atom stereocenters. The molecule has 0 bridgehead atoms. The second-order valence-electron chi connectivity index (χ2n) is 7.52. The highest BCUT2D eigenvalue weighted by Gasteiger charge is 2.22. The Hall–Kier alpha value is -1.42. The maximum Gasteiger partial charge on any atom is 0.321 e. The van der Waals surface area contributed by atoms with E-state index in [4.69, 9.17) is 0 Å². The topological polar surface area (TPSA) is 116 Å². The largest absolute Gasteiger partial charge is 0.337 e. The number of amides is 6. The van der Waals surface area contributed by atoms with Crippen LogP contribution in [0.15, 0.2) is 0 Å². The Morgan fingerprint density at radius 1 is 0.759 bits per heavy atom. The van der Waals surface area contributed by atoms with E-state index in [1.807, 2.05) is 0 Å². The monoisotopic (exact) mass is 444 g/mol. The molecule has 0 atom stereocenters. The van der Waals surface area contributed by atoms with Crippen molar-refractivity contribution < 1.29 is 19.2 Å². The average molecular weight is 445 g/mol. The molecule has 2 fully saturated rings. The van der Waals surface area contributed by atoms with Crippen LogP contribution in [0.4, 0.5) is 9.59 Å². The SMILES string of the molecule is O=C(CSSCCNC(=O)NC(=O)C1CCCCC1)NC(=O)NC1CCCCC1. The molecule has 2 rings (SSSR count). The number of imide groups is 2. The van der Waals surface area contributed by atoms with Crippen LogP contribution in [0, 0.1) is 5.92 Å². The van der Waals surface area contributed by atoms with E-state index in [-0.39, 0.29) is 29.5 Å². The third kappa shape index (κ3) is 10.3. The van der Waals surface area contributed by atoms with E-state index in [9.17, 15) is 19.2 Å². The molecule has 2 saturated carbocycles. The van der Waals surface area contributed by atoms with Gasteiger partial charge in [0.1, 0.15) is 0 Å². The summed E-state index contributed by atoms with van der Waals surface area (Å²) < 4.78 is 0. The van der Waals surface area contributed by atoms with Crippen LogP contribution in [0.2, 0.25) is 0 Å². The molecule has 0 radical (unpaired) electrons. The Kier molecular flexibility index (Phi) is 11.3. The Bertz CT molecular complexity index is 564. The lowest BCUT2D eigenvalue weighted by Crippen LogP contribution is -2.45. The maximum absolute atomic E-state index is 12.0. The first-order valence-corrected chi connectivity index (χ1v) is 13.0. The molecule has 0 aliphatic heterocycles. The smallest absolute Gasteiger partial charge is 0.321 e. The minimum atomic E-state index is -0.469. The van der Waals surface area contributed by atoms with E-state index in [1.54, 1.807) is 0 Å². The Balaban J connectivity index is 1.45. The lowest BCUT2D eigenvalue weighted by molar-refractivity contribution is -0.124. The first-order chi connectivity index (χ1) is 14.0. The molecule has 6 amide bonds. The Labute approximate surface area is 180 Å². The summed E-state index contributed by atoms with van der Waals surface area (Å²) in [6.07, 6.45) is 10.3. The zero-order valence-electron chi connectivity index (χ0n) is 16.8. The average Bonchev–Trinajstić information content (AvgIpc) is 2.71. The van der Waals surface area contributed by atoms with Crippen molar-refractivity contribution in [2.75, 3.05) is 18.1 Å². The Morgan fingerprint density at radius 3 is 2.10 bits per heavy atom. The third-order valence-electron chi connectivity index (χ3n) is 5.15. The van der Waals surface area contributed by atoms with Gasteiger partial charge in [-0.15, -0.1) is 0 Å². The second-order valence-corrected chi connectivity index (χ2v) is 10.1. The number of hydrogen-bond acceptors (Lipinski definition) is 6. The molecule has 0 heterocycles. The van der Waals surface area contributed by atoms with Gasteiger partial charge in [0.25, 0.3) is 0 Å². The van der Waals surface area contributed by atoms with E-state index in [0.29, 0.717) is 12.3 Å². The summed E-state index contributed by atoms with van der Waals surface area (Å²) in [5, 5.41) is 10.2. The van der Waals surface area contributed by atoms with Gasteiger partial charge in [-0.1, -0.05) is 60.1 Å². The van der Waals surface area contributed by atoms with Gasteiger partial charge in [-0.05, 0) is 25.7 Å². The van der Waals surface area contributed by atoms with Crippen LogP contribution in [-0.4, -0.2) is 48.0 Å². The van der Waals surface area contributed by atoms with E-state index < -0.39 is 12.1 Å². The summed E-state index contributed by atoms with van der Waals surface area (Å²) in [7, 11) is 2.75. The van der Waals surface area contributed by atoms with Crippen LogP contribution in [0.25, 0.3) is 0 Å². The minimum Gasteiger partial charge on any atom is -0.337 e. The van der Waals surface area contributed by atoms with Gasteiger partial charge in [0.05, 0.1) is 5.75 Å². The first-order valence-electron chi connectivity index (χ1n) is 10.5. The summed E-state index contributed by atoms with van der Waals surface area (Å²) >= 11 is 0. The molecule has 10 heteroatoms. The summed E-state index contributed by atoms with van der Waals surface area (Å²) in [5.74, 6) is 0.187. The lowest BCUT2D eigenvalue weighted by Gasteiger charge is -2.22. The number of carbonyl (C=O) groups excluding carboxylic acids is 4. The van der Waals surface area contributed by atoms with Gasteiger partial charge in [-0.2, -0.15) is 0 Å². The highest BCUT2D eigenvalue weighted by atomic mass is 33.1. The number of carbonyl (C=O) groups is 4. The summed E-state index contributed by atoms with van der Waals surface area (Å²) in [6.45, 7) is 0.394. The molecule has 0 aromatic heterocycles. The summed E-state index contributed by atoms with van der Waals surface area (Å²) in [5.41, 5.74) is 0. The molecule has 29 heavy (non-hydrogen) atoms. The van der Waals surface area contributed by atoms with E-state index >= 15 is 0 Å². The number of rotatable bonds is 8. The van der Waals surface area contributed by atoms with Crippen molar-refractivity contribution in [2.24, 2.45) is 5.92 Å². The minimum absolute atomic E-state index is 0.0479. The molecule has 2 aliphatic carbocycles. The number of urea groups is 2. The summed E-state index contributed by atoms with van der Waals surface area (Å²) in [4.78, 5) is 47.3. The zero-order valence-corrected chi connectivity index (χ0v) is 18.4. The summed E-state index contributed by atoms with van der Waals surface area (Å²) in [6, 6.07) is -0.724. The van der Waals surface area contributed by atoms with Crippen LogP contribution < -0.4 is 21.3 Å². The molecule has 0 aromatic carbocycles. The second kappa shape index (κ2) is 13.7. The van der Waals surface area contributed by atoms with Gasteiger partial charge in [0.2, 0.25) is 11.8 Å². The van der Waals surface area contributed by atoms with Crippen molar-refractivity contribution >= 4 is 45.5 Å². The Morgan fingerprint density at radius 2 is 1.41 bits per heavy atom. The predicted octanol–water partition coefficient (Wildman–Crippen LogP) is 2.93. The zero-order chi connectivity index (χ0) is 20.9. The third-order valence-corrected chi connectivity index (χ3v) is 7.42. The van der Waals surface area contributed by atoms with Crippen molar-refractivity contribution in [1.82, 2.24) is 21.3 Å². The van der Waals surface area contributed by atoms with Crippen molar-refractivity contribution in [2.45, 2.75) is 70.3 Å². The number of hydrogen-bond donors (Lipinski definition) is 4. The molecule has 0 aromatic rings. The van der Waals surface area contributed by atoms with Gasteiger partial charge >= 0.3 is 12.1 Å². The van der Waals surface area contributed by atoms with Crippen LogP contribution >= 0.6 is 21.6 Å². The maximum atomic E-state index is 12.0. The fourth-order valence-electron chi connectivity index (χ4n) is 3.61. The molecule has 0 saturated heterocycles. The van der Waals surface area contributed by atoms with E-state index in [2.05, 4.69) is 21.3 Å². The van der Waals surface area contributed by atoms with E-state index in [0.717, 1.165) is 57.8 Å². The highest BCUT2D eigenvalue weighted by molar-refractivity contribution is 8.76.